The number of hydrogen-bond donors (Lipinski definition) is 0. The molecule has 0 unspecified atom stereocenters. The number of aromatic nitrogens is 4. The van der Waals surface area contributed by atoms with Gasteiger partial charge in [0.25, 0.3) is 6.01 Å². The highest BCUT2D eigenvalue weighted by Gasteiger charge is 2.49. The van der Waals surface area contributed by atoms with Gasteiger partial charge in [0.05, 0.1) is 28.7 Å². The SMILES string of the molecule is [2H]C([2H])(Oc1ccccc1C(F)(F)[C@H](Oc1ncnc2sc(-c3ccc(F)o3)c(Br)c12)C(C)=O)c1ccnn1CC(F)(F)F. The minimum Gasteiger partial charge on any atom is -0.487 e. The fraction of sp³-hybridized carbons (Fsp3) is 0.231. The fourth-order valence-corrected chi connectivity index (χ4v) is 5.79. The Morgan fingerprint density at radius 3 is 2.62 bits per heavy atom. The molecule has 16 heteroatoms. The predicted octanol–water partition coefficient (Wildman–Crippen LogP) is 7.32. The minimum atomic E-state index is -4.76. The molecule has 1 aromatic carbocycles. The lowest BCUT2D eigenvalue weighted by Crippen LogP contribution is -2.42. The molecule has 1 atom stereocenters. The number of hydrogen-bond acceptors (Lipinski definition) is 8. The van der Waals surface area contributed by atoms with Crippen LogP contribution in [-0.4, -0.2) is 37.8 Å². The number of nitrogens with zero attached hydrogens (tertiary/aromatic N) is 4. The Labute approximate surface area is 247 Å². The summed E-state index contributed by atoms with van der Waals surface area (Å²) >= 11 is 4.32. The first-order chi connectivity index (χ1) is 20.6. The molecule has 0 saturated carbocycles. The zero-order valence-electron chi connectivity index (χ0n) is 23.0. The molecule has 220 valence electrons. The second kappa shape index (κ2) is 11.4. The van der Waals surface area contributed by atoms with Crippen LogP contribution < -0.4 is 9.47 Å². The van der Waals surface area contributed by atoms with E-state index in [-0.39, 0.29) is 20.4 Å². The molecule has 0 radical (unpaired) electrons. The smallest absolute Gasteiger partial charge is 0.408 e. The Morgan fingerprint density at radius 1 is 1.17 bits per heavy atom. The van der Waals surface area contributed by atoms with Crippen molar-refractivity contribution in [2.24, 2.45) is 0 Å². The van der Waals surface area contributed by atoms with E-state index in [4.69, 9.17) is 16.6 Å². The number of ketones is 1. The lowest BCUT2D eigenvalue weighted by Gasteiger charge is -2.27. The lowest BCUT2D eigenvalue weighted by atomic mass is 9.99. The molecule has 42 heavy (non-hydrogen) atoms. The number of ether oxygens (including phenoxy) is 2. The van der Waals surface area contributed by atoms with Gasteiger partial charge in [0.1, 0.15) is 35.8 Å². The van der Waals surface area contributed by atoms with E-state index >= 15 is 8.78 Å². The van der Waals surface area contributed by atoms with Gasteiger partial charge in [-0.3, -0.25) is 9.48 Å². The van der Waals surface area contributed by atoms with Gasteiger partial charge in [-0.05, 0) is 47.1 Å². The molecule has 5 rings (SSSR count). The second-order valence-corrected chi connectivity index (χ2v) is 10.4. The molecule has 0 fully saturated rings. The number of carbonyl (C=O) groups is 1. The Bertz CT molecular complexity index is 1840. The number of alkyl halides is 5. The van der Waals surface area contributed by atoms with Gasteiger partial charge in [0, 0.05) is 12.3 Å². The van der Waals surface area contributed by atoms with Crippen molar-refractivity contribution < 1.29 is 47.8 Å². The number of carbonyl (C=O) groups excluding carboxylic acids is 1. The quantitative estimate of drug-likeness (QED) is 0.143. The zero-order chi connectivity index (χ0) is 32.0. The first kappa shape index (κ1) is 26.9. The van der Waals surface area contributed by atoms with Crippen LogP contribution in [0, 0.1) is 6.01 Å². The topological polar surface area (TPSA) is 92.3 Å². The number of para-hydroxylation sites is 1. The number of furan rings is 1. The van der Waals surface area contributed by atoms with E-state index in [0.717, 1.165) is 55.1 Å². The third-order valence-electron chi connectivity index (χ3n) is 5.68. The molecule has 4 heterocycles. The number of halogens is 7. The van der Waals surface area contributed by atoms with Crippen LogP contribution in [0.15, 0.2) is 63.9 Å². The van der Waals surface area contributed by atoms with Gasteiger partial charge < -0.3 is 13.9 Å². The Kier molecular flexibility index (Phi) is 7.31. The number of Topliss-reactive ketones (excluding diaryl/α,β-unsaturated/α-hetero) is 1. The van der Waals surface area contributed by atoms with Gasteiger partial charge in [-0.15, -0.1) is 11.3 Å². The molecular formula is C26H17BrF6N4O4S. The molecule has 0 aliphatic carbocycles. The molecule has 0 amide bonds. The van der Waals surface area contributed by atoms with Crippen molar-refractivity contribution in [2.75, 3.05) is 0 Å². The van der Waals surface area contributed by atoms with Crippen LogP contribution in [-0.2, 0) is 23.8 Å². The van der Waals surface area contributed by atoms with Crippen molar-refractivity contribution in [2.45, 2.75) is 38.2 Å². The molecule has 0 aliphatic rings. The molecule has 0 aliphatic heterocycles. The van der Waals surface area contributed by atoms with Crippen LogP contribution in [0.5, 0.6) is 11.6 Å². The third kappa shape index (κ3) is 5.99. The molecule has 0 bridgehead atoms. The maximum Gasteiger partial charge on any atom is 0.408 e. The van der Waals surface area contributed by atoms with Gasteiger partial charge in [0.2, 0.25) is 12.0 Å². The predicted molar refractivity (Wildman–Crippen MR) is 141 cm³/mol. The Morgan fingerprint density at radius 2 is 1.93 bits per heavy atom. The van der Waals surface area contributed by atoms with Crippen LogP contribution in [0.4, 0.5) is 26.3 Å². The second-order valence-electron chi connectivity index (χ2n) is 8.63. The highest BCUT2D eigenvalue weighted by atomic mass is 79.9. The van der Waals surface area contributed by atoms with Gasteiger partial charge in [-0.25, -0.2) is 9.97 Å². The van der Waals surface area contributed by atoms with E-state index in [1.54, 1.807) is 0 Å². The van der Waals surface area contributed by atoms with Gasteiger partial charge in [0.15, 0.2) is 5.78 Å². The summed E-state index contributed by atoms with van der Waals surface area (Å²) in [6, 6.07) is 6.70. The van der Waals surface area contributed by atoms with E-state index in [1.807, 2.05) is 0 Å². The summed E-state index contributed by atoms with van der Waals surface area (Å²) in [6.45, 7) is -3.88. The lowest BCUT2D eigenvalue weighted by molar-refractivity contribution is -0.148. The Hall–Kier alpha value is -3.92. The van der Waals surface area contributed by atoms with E-state index in [1.165, 1.54) is 18.2 Å². The first-order valence-corrected chi connectivity index (χ1v) is 13.3. The molecule has 0 N–H and O–H groups in total. The monoisotopic (exact) mass is 676 g/mol. The van der Waals surface area contributed by atoms with Gasteiger partial charge in [-0.1, -0.05) is 12.1 Å². The average Bonchev–Trinajstić information content (AvgIpc) is 3.65. The summed E-state index contributed by atoms with van der Waals surface area (Å²) in [5.74, 6) is -6.45. The molecule has 0 saturated heterocycles. The third-order valence-corrected chi connectivity index (χ3v) is 7.85. The minimum absolute atomic E-state index is 0.0881. The van der Waals surface area contributed by atoms with Crippen LogP contribution in [0.1, 0.15) is 20.9 Å². The zero-order valence-corrected chi connectivity index (χ0v) is 23.4. The fourth-order valence-electron chi connectivity index (χ4n) is 3.88. The first-order valence-electron chi connectivity index (χ1n) is 12.7. The van der Waals surface area contributed by atoms with E-state index in [0.29, 0.717) is 9.56 Å². The summed E-state index contributed by atoms with van der Waals surface area (Å²) in [5, 5.41) is 3.55. The normalized spacial score (nSPS) is 14.0. The molecule has 8 nitrogen and oxygen atoms in total. The van der Waals surface area contributed by atoms with Gasteiger partial charge in [-0.2, -0.15) is 31.4 Å². The van der Waals surface area contributed by atoms with Crippen molar-refractivity contribution in [3.63, 3.8) is 0 Å². The number of benzene rings is 1. The van der Waals surface area contributed by atoms with Crippen LogP contribution in [0.25, 0.3) is 20.9 Å². The highest BCUT2D eigenvalue weighted by Crippen LogP contribution is 2.46. The van der Waals surface area contributed by atoms with E-state index in [2.05, 4.69) is 31.0 Å². The van der Waals surface area contributed by atoms with E-state index in [9.17, 15) is 22.4 Å². The van der Waals surface area contributed by atoms with Crippen molar-refractivity contribution in [1.29, 1.82) is 0 Å². The van der Waals surface area contributed by atoms with Crippen LogP contribution in [0.2, 0.25) is 0 Å². The standard InChI is InChI=1S/C26H17BrF6N4O4S/c1-13(38)22(41-23-19-20(27)21(17-6-7-18(28)40-17)42-24(19)35-12-34-23)26(32,33)15-4-2-3-5-16(15)39-10-14-8-9-36-37(14)11-25(29,30)31/h2-9,12,22H,10-11H2,1H3/t22-/m1/s1/i10D2. The maximum absolute atomic E-state index is 16.2. The van der Waals surface area contributed by atoms with Gasteiger partial charge >= 0.3 is 12.1 Å². The van der Waals surface area contributed by atoms with Crippen LogP contribution in [0.3, 0.4) is 0 Å². The summed E-state index contributed by atoms with van der Waals surface area (Å²) in [7, 11) is 0. The summed E-state index contributed by atoms with van der Waals surface area (Å²) < 4.78 is 118. The van der Waals surface area contributed by atoms with Crippen molar-refractivity contribution in [1.82, 2.24) is 19.7 Å². The summed E-state index contributed by atoms with van der Waals surface area (Å²) in [6.07, 6.45) is -5.38. The number of fused-ring (bicyclic) bond motifs is 1. The largest absolute Gasteiger partial charge is 0.487 e. The molecule has 4 aromatic heterocycles. The molecule has 5 aromatic rings. The van der Waals surface area contributed by atoms with Crippen molar-refractivity contribution in [3.8, 4) is 22.3 Å². The van der Waals surface area contributed by atoms with Crippen LogP contribution >= 0.6 is 27.3 Å². The highest BCUT2D eigenvalue weighted by molar-refractivity contribution is 9.10. The molecular weight excluding hydrogens is 658 g/mol. The molecule has 0 spiro atoms. The average molecular weight is 677 g/mol. The summed E-state index contributed by atoms with van der Waals surface area (Å²) in [5.41, 5.74) is -1.68. The number of thiophene rings is 1. The van der Waals surface area contributed by atoms with Crippen molar-refractivity contribution >= 4 is 43.3 Å². The van der Waals surface area contributed by atoms with Crippen molar-refractivity contribution in [3.05, 3.63) is 76.7 Å². The maximum atomic E-state index is 16.2. The Balaban J connectivity index is 1.51. The van der Waals surface area contributed by atoms with E-state index < -0.39 is 66.0 Å². The number of rotatable bonds is 10. The summed E-state index contributed by atoms with van der Waals surface area (Å²) in [4.78, 5) is 21.2.